The molecular formula is C21H19FN2O5S. The lowest BCUT2D eigenvalue weighted by atomic mass is 10.1. The summed E-state index contributed by atoms with van der Waals surface area (Å²) in [4.78, 5) is 11.4. The lowest BCUT2D eigenvalue weighted by Crippen LogP contribution is -2.38. The van der Waals surface area contributed by atoms with Crippen molar-refractivity contribution in [3.05, 3.63) is 72.3 Å². The maximum atomic E-state index is 14.0. The first-order valence-corrected chi connectivity index (χ1v) is 10.7. The molecule has 156 valence electrons. The van der Waals surface area contributed by atoms with E-state index in [4.69, 9.17) is 9.47 Å². The number of aromatic nitrogens is 1. The van der Waals surface area contributed by atoms with Gasteiger partial charge in [0.1, 0.15) is 11.6 Å². The second-order valence-electron chi connectivity index (χ2n) is 6.67. The Hall–Kier alpha value is -3.33. The van der Waals surface area contributed by atoms with Gasteiger partial charge >= 0.3 is 6.16 Å². The molecule has 0 saturated carbocycles. The van der Waals surface area contributed by atoms with Crippen molar-refractivity contribution >= 4 is 21.9 Å². The highest BCUT2D eigenvalue weighted by Crippen LogP contribution is 2.42. The number of carbonyl (C=O) groups excluding carboxylic acids is 1. The highest BCUT2D eigenvalue weighted by atomic mass is 32.2. The molecular weight excluding hydrogens is 411 g/mol. The molecule has 0 spiro atoms. The summed E-state index contributed by atoms with van der Waals surface area (Å²) in [5.41, 5.74) is 1.58. The van der Waals surface area contributed by atoms with Gasteiger partial charge in [-0.2, -0.15) is 0 Å². The Morgan fingerprint density at radius 3 is 2.53 bits per heavy atom. The van der Waals surface area contributed by atoms with Crippen LogP contribution in [0.4, 0.5) is 14.9 Å². The van der Waals surface area contributed by atoms with Crippen LogP contribution in [-0.4, -0.2) is 25.7 Å². The fraction of sp³-hybridized carbons (Fsp3) is 0.190. The van der Waals surface area contributed by atoms with Gasteiger partial charge < -0.3 is 14.0 Å². The van der Waals surface area contributed by atoms with Crippen LogP contribution >= 0.6 is 0 Å². The molecule has 0 saturated heterocycles. The van der Waals surface area contributed by atoms with Crippen molar-refractivity contribution < 1.29 is 27.1 Å². The summed E-state index contributed by atoms with van der Waals surface area (Å²) in [5.74, 6) is -0.380. The van der Waals surface area contributed by atoms with E-state index in [2.05, 4.69) is 0 Å². The van der Waals surface area contributed by atoms with E-state index in [0.717, 1.165) is 5.69 Å². The topological polar surface area (TPSA) is 77.8 Å². The van der Waals surface area contributed by atoms with E-state index in [9.17, 15) is 17.6 Å². The zero-order valence-corrected chi connectivity index (χ0v) is 17.1. The highest BCUT2D eigenvalue weighted by Gasteiger charge is 2.37. The average molecular weight is 430 g/mol. The SMILES string of the molecule is CCOC(=O)Oc1ccc(S(=O)(=O)N2c3cc(F)ccc3-n3cccc3C2C)cc1. The van der Waals surface area contributed by atoms with Crippen molar-refractivity contribution in [2.75, 3.05) is 10.9 Å². The van der Waals surface area contributed by atoms with Crippen molar-refractivity contribution in [1.29, 1.82) is 0 Å². The monoisotopic (exact) mass is 430 g/mol. The standard InChI is InChI=1S/C21H19FN2O5S/c1-3-28-21(25)29-16-7-9-17(10-8-16)30(26,27)24-14(2)18-5-4-12-23(18)19-11-6-15(22)13-20(19)24/h4-14H,3H2,1-2H3. The van der Waals surface area contributed by atoms with E-state index < -0.39 is 28.0 Å². The Labute approximate surface area is 173 Å². The van der Waals surface area contributed by atoms with Crippen LogP contribution < -0.4 is 9.04 Å². The molecule has 9 heteroatoms. The fourth-order valence-electron chi connectivity index (χ4n) is 3.53. The van der Waals surface area contributed by atoms with E-state index in [1.54, 1.807) is 19.9 Å². The summed E-state index contributed by atoms with van der Waals surface area (Å²) in [6.07, 6.45) is 0.941. The number of hydrogen-bond donors (Lipinski definition) is 0. The molecule has 7 nitrogen and oxygen atoms in total. The quantitative estimate of drug-likeness (QED) is 0.452. The predicted molar refractivity (Wildman–Crippen MR) is 108 cm³/mol. The third-order valence-electron chi connectivity index (χ3n) is 4.84. The van der Waals surface area contributed by atoms with Crippen molar-refractivity contribution in [2.45, 2.75) is 24.8 Å². The lowest BCUT2D eigenvalue weighted by Gasteiger charge is -2.37. The van der Waals surface area contributed by atoms with Crippen LogP contribution in [0.25, 0.3) is 5.69 Å². The smallest absolute Gasteiger partial charge is 0.434 e. The molecule has 0 N–H and O–H groups in total. The Kier molecular flexibility index (Phi) is 4.98. The van der Waals surface area contributed by atoms with E-state index in [1.165, 1.54) is 40.7 Å². The summed E-state index contributed by atoms with van der Waals surface area (Å²) in [6, 6.07) is 12.6. The van der Waals surface area contributed by atoms with E-state index in [-0.39, 0.29) is 22.9 Å². The fourth-order valence-corrected chi connectivity index (χ4v) is 5.17. The van der Waals surface area contributed by atoms with Crippen LogP contribution in [0.1, 0.15) is 25.6 Å². The van der Waals surface area contributed by atoms with Gasteiger partial charge in [-0.3, -0.25) is 4.31 Å². The maximum Gasteiger partial charge on any atom is 0.513 e. The number of nitrogens with zero attached hydrogens (tertiary/aromatic N) is 2. The minimum atomic E-state index is -4.04. The van der Waals surface area contributed by atoms with Crippen LogP contribution in [0.5, 0.6) is 5.75 Å². The summed E-state index contributed by atoms with van der Waals surface area (Å²) in [5, 5.41) is 0. The van der Waals surface area contributed by atoms with Crippen LogP contribution in [0, 0.1) is 5.82 Å². The third kappa shape index (κ3) is 3.30. The van der Waals surface area contributed by atoms with Gasteiger partial charge in [-0.05, 0) is 62.4 Å². The molecule has 1 atom stereocenters. The average Bonchev–Trinajstić information content (AvgIpc) is 3.19. The maximum absolute atomic E-state index is 14.0. The Balaban J connectivity index is 1.74. The predicted octanol–water partition coefficient (Wildman–Crippen LogP) is 4.42. The third-order valence-corrected chi connectivity index (χ3v) is 6.74. The molecule has 1 aliphatic rings. The van der Waals surface area contributed by atoms with Gasteiger partial charge in [0.15, 0.2) is 0 Å². The number of fused-ring (bicyclic) bond motifs is 3. The second-order valence-corrected chi connectivity index (χ2v) is 8.48. The zero-order valence-electron chi connectivity index (χ0n) is 16.3. The highest BCUT2D eigenvalue weighted by molar-refractivity contribution is 7.92. The Bertz CT molecular complexity index is 1200. The normalized spacial score (nSPS) is 15.3. The molecule has 30 heavy (non-hydrogen) atoms. The van der Waals surface area contributed by atoms with Gasteiger partial charge in [0, 0.05) is 18.0 Å². The van der Waals surface area contributed by atoms with Gasteiger partial charge in [0.05, 0.1) is 28.9 Å². The van der Waals surface area contributed by atoms with Crippen LogP contribution in [0.2, 0.25) is 0 Å². The van der Waals surface area contributed by atoms with Crippen molar-refractivity contribution in [2.24, 2.45) is 0 Å². The van der Waals surface area contributed by atoms with Crippen LogP contribution in [0.15, 0.2) is 65.7 Å². The number of carbonyl (C=O) groups is 1. The number of hydrogen-bond acceptors (Lipinski definition) is 5. The van der Waals surface area contributed by atoms with Gasteiger partial charge in [-0.15, -0.1) is 0 Å². The molecule has 0 bridgehead atoms. The Morgan fingerprint density at radius 1 is 1.10 bits per heavy atom. The minimum absolute atomic E-state index is 0.0132. The van der Waals surface area contributed by atoms with Crippen LogP contribution in [-0.2, 0) is 14.8 Å². The van der Waals surface area contributed by atoms with E-state index in [0.29, 0.717) is 5.69 Å². The summed E-state index contributed by atoms with van der Waals surface area (Å²) in [6.45, 7) is 3.55. The van der Waals surface area contributed by atoms with Gasteiger partial charge in [-0.1, -0.05) is 0 Å². The molecule has 1 aliphatic heterocycles. The van der Waals surface area contributed by atoms with Crippen molar-refractivity contribution in [3.63, 3.8) is 0 Å². The number of sulfonamides is 1. The number of halogens is 1. The van der Waals surface area contributed by atoms with Gasteiger partial charge in [0.2, 0.25) is 0 Å². The molecule has 0 aliphatic carbocycles. The molecule has 3 aromatic rings. The summed E-state index contributed by atoms with van der Waals surface area (Å²) in [7, 11) is -4.04. The molecule has 1 aromatic heterocycles. The van der Waals surface area contributed by atoms with Gasteiger partial charge in [0.25, 0.3) is 10.0 Å². The molecule has 4 rings (SSSR count). The molecule has 0 fully saturated rings. The molecule has 0 amide bonds. The zero-order chi connectivity index (χ0) is 21.5. The second kappa shape index (κ2) is 7.49. The molecule has 2 aromatic carbocycles. The molecule has 0 radical (unpaired) electrons. The summed E-state index contributed by atoms with van der Waals surface area (Å²) >= 11 is 0. The number of rotatable bonds is 4. The first kappa shape index (κ1) is 20.0. The van der Waals surface area contributed by atoms with Gasteiger partial charge in [-0.25, -0.2) is 17.6 Å². The minimum Gasteiger partial charge on any atom is -0.434 e. The number of ether oxygens (including phenoxy) is 2. The number of benzene rings is 2. The first-order chi connectivity index (χ1) is 14.3. The van der Waals surface area contributed by atoms with E-state index >= 15 is 0 Å². The largest absolute Gasteiger partial charge is 0.513 e. The van der Waals surface area contributed by atoms with E-state index in [1.807, 2.05) is 22.9 Å². The first-order valence-electron chi connectivity index (χ1n) is 9.29. The van der Waals surface area contributed by atoms with Crippen LogP contribution in [0.3, 0.4) is 0 Å². The number of anilines is 1. The lowest BCUT2D eigenvalue weighted by molar-refractivity contribution is 0.104. The van der Waals surface area contributed by atoms with Crippen molar-refractivity contribution in [1.82, 2.24) is 4.57 Å². The molecule has 2 heterocycles. The molecule has 1 unspecified atom stereocenters. The Morgan fingerprint density at radius 2 is 1.83 bits per heavy atom. The summed E-state index contributed by atoms with van der Waals surface area (Å²) < 4.78 is 53.8. The van der Waals surface area contributed by atoms with Crippen molar-refractivity contribution in [3.8, 4) is 11.4 Å².